The van der Waals surface area contributed by atoms with Crippen LogP contribution in [-0.4, -0.2) is 37.2 Å². The number of rotatable bonds is 5. The van der Waals surface area contributed by atoms with Crippen LogP contribution in [0.4, 0.5) is 0 Å². The maximum Gasteiger partial charge on any atom is 0.0954 e. The van der Waals surface area contributed by atoms with Gasteiger partial charge in [-0.3, -0.25) is 4.90 Å². The minimum absolute atomic E-state index is 0.225. The Morgan fingerprint density at radius 3 is 2.76 bits per heavy atom. The molecular weight excluding hydrogens is 260 g/mol. The van der Waals surface area contributed by atoms with Gasteiger partial charge in [0.2, 0.25) is 0 Å². The highest BCUT2D eigenvalue weighted by Crippen LogP contribution is 2.30. The molecule has 1 unspecified atom stereocenters. The van der Waals surface area contributed by atoms with E-state index in [9.17, 15) is 0 Å². The Morgan fingerprint density at radius 1 is 1.14 bits per heavy atom. The first-order chi connectivity index (χ1) is 10.4. The Labute approximate surface area is 128 Å². The lowest BCUT2D eigenvalue weighted by Crippen LogP contribution is -2.43. The van der Waals surface area contributed by atoms with Gasteiger partial charge in [-0.1, -0.05) is 43.5 Å². The van der Waals surface area contributed by atoms with Crippen molar-refractivity contribution in [2.75, 3.05) is 26.2 Å². The highest BCUT2D eigenvalue weighted by Gasteiger charge is 2.27. The molecule has 1 heterocycles. The second-order valence-electron chi connectivity index (χ2n) is 6.38. The minimum atomic E-state index is 0.225. The predicted molar refractivity (Wildman–Crippen MR) is 86.3 cm³/mol. The molecule has 1 fully saturated rings. The summed E-state index contributed by atoms with van der Waals surface area (Å²) < 4.78 is 6.09. The summed E-state index contributed by atoms with van der Waals surface area (Å²) in [7, 11) is 0. The fourth-order valence-electron chi connectivity index (χ4n) is 3.88. The van der Waals surface area contributed by atoms with E-state index < -0.39 is 0 Å². The second kappa shape index (κ2) is 7.39. The maximum atomic E-state index is 6.09. The van der Waals surface area contributed by atoms with E-state index in [2.05, 4.69) is 29.2 Å². The third kappa shape index (κ3) is 3.65. The normalized spacial score (nSPS) is 23.2. The van der Waals surface area contributed by atoms with Gasteiger partial charge in [-0.2, -0.15) is 0 Å². The molecular formula is C18H28N2O. The third-order valence-corrected chi connectivity index (χ3v) is 5.00. The van der Waals surface area contributed by atoms with Crippen LogP contribution in [0.15, 0.2) is 24.3 Å². The van der Waals surface area contributed by atoms with Crippen LogP contribution in [0.2, 0.25) is 0 Å². The van der Waals surface area contributed by atoms with Crippen molar-refractivity contribution in [1.29, 1.82) is 0 Å². The number of nitrogens with zero attached hydrogens (tertiary/aromatic N) is 1. The zero-order chi connectivity index (χ0) is 14.5. The number of ether oxygens (including phenoxy) is 1. The van der Waals surface area contributed by atoms with Crippen molar-refractivity contribution in [2.45, 2.75) is 50.7 Å². The summed E-state index contributed by atoms with van der Waals surface area (Å²) in [6.07, 6.45) is 8.07. The lowest BCUT2D eigenvalue weighted by molar-refractivity contribution is 0.00229. The average Bonchev–Trinajstić information content (AvgIpc) is 2.55. The molecule has 0 saturated heterocycles. The van der Waals surface area contributed by atoms with Crippen molar-refractivity contribution in [3.8, 4) is 0 Å². The van der Waals surface area contributed by atoms with Crippen molar-refractivity contribution in [2.24, 2.45) is 5.73 Å². The van der Waals surface area contributed by atoms with Crippen LogP contribution in [0, 0.1) is 0 Å². The standard InChI is InChI=1S/C18H28N2O/c19-11-12-20(16-7-2-1-3-8-16)14-18-17-9-5-4-6-15(17)10-13-21-18/h4-6,9,16,18H,1-3,7-8,10-14,19H2. The molecule has 1 saturated carbocycles. The Hall–Kier alpha value is -0.900. The van der Waals surface area contributed by atoms with Crippen molar-refractivity contribution in [1.82, 2.24) is 4.90 Å². The summed E-state index contributed by atoms with van der Waals surface area (Å²) in [5, 5.41) is 0. The Morgan fingerprint density at radius 2 is 1.95 bits per heavy atom. The van der Waals surface area contributed by atoms with Gasteiger partial charge < -0.3 is 10.5 Å². The van der Waals surface area contributed by atoms with E-state index in [0.29, 0.717) is 6.04 Å². The highest BCUT2D eigenvalue weighted by atomic mass is 16.5. The van der Waals surface area contributed by atoms with E-state index in [1.54, 1.807) is 0 Å². The summed E-state index contributed by atoms with van der Waals surface area (Å²) in [4.78, 5) is 2.59. The Balaban J connectivity index is 1.71. The predicted octanol–water partition coefficient (Wildman–Crippen LogP) is 2.89. The SMILES string of the molecule is NCCN(CC1OCCc2ccccc21)C1CCCCC1. The molecule has 2 N–H and O–H groups in total. The Kier molecular flexibility index (Phi) is 5.28. The fourth-order valence-corrected chi connectivity index (χ4v) is 3.88. The van der Waals surface area contributed by atoms with E-state index in [0.717, 1.165) is 32.7 Å². The number of benzene rings is 1. The molecule has 1 atom stereocenters. The number of fused-ring (bicyclic) bond motifs is 1. The largest absolute Gasteiger partial charge is 0.372 e. The molecule has 1 aliphatic heterocycles. The monoisotopic (exact) mass is 288 g/mol. The highest BCUT2D eigenvalue weighted by molar-refractivity contribution is 5.31. The molecule has 3 heteroatoms. The number of hydrogen-bond acceptors (Lipinski definition) is 3. The van der Waals surface area contributed by atoms with E-state index in [1.165, 1.54) is 43.2 Å². The quantitative estimate of drug-likeness (QED) is 0.905. The minimum Gasteiger partial charge on any atom is -0.372 e. The van der Waals surface area contributed by atoms with Crippen molar-refractivity contribution in [3.63, 3.8) is 0 Å². The van der Waals surface area contributed by atoms with Gasteiger partial charge in [0.05, 0.1) is 12.7 Å². The van der Waals surface area contributed by atoms with Gasteiger partial charge in [-0.25, -0.2) is 0 Å². The molecule has 21 heavy (non-hydrogen) atoms. The maximum absolute atomic E-state index is 6.09. The summed E-state index contributed by atoms with van der Waals surface area (Å²) in [6.45, 7) is 3.58. The second-order valence-corrected chi connectivity index (χ2v) is 6.38. The molecule has 0 amide bonds. The smallest absolute Gasteiger partial charge is 0.0954 e. The van der Waals surface area contributed by atoms with Crippen LogP contribution in [0.25, 0.3) is 0 Å². The van der Waals surface area contributed by atoms with Crippen LogP contribution in [0.3, 0.4) is 0 Å². The molecule has 1 aromatic carbocycles. The number of hydrogen-bond donors (Lipinski definition) is 1. The first kappa shape index (κ1) is 15.0. The van der Waals surface area contributed by atoms with Gasteiger partial charge in [0.25, 0.3) is 0 Å². The molecule has 0 aromatic heterocycles. The summed E-state index contributed by atoms with van der Waals surface area (Å²) in [5.74, 6) is 0. The van der Waals surface area contributed by atoms with Crippen molar-refractivity contribution in [3.05, 3.63) is 35.4 Å². The van der Waals surface area contributed by atoms with Gasteiger partial charge in [0.1, 0.15) is 0 Å². The lowest BCUT2D eigenvalue weighted by Gasteiger charge is -2.37. The van der Waals surface area contributed by atoms with Crippen molar-refractivity contribution >= 4 is 0 Å². The van der Waals surface area contributed by atoms with Gasteiger partial charge >= 0.3 is 0 Å². The number of nitrogens with two attached hydrogens (primary N) is 1. The lowest BCUT2D eigenvalue weighted by atomic mass is 9.92. The molecule has 3 rings (SSSR count). The molecule has 2 aliphatic rings. The molecule has 0 spiro atoms. The van der Waals surface area contributed by atoms with Crippen molar-refractivity contribution < 1.29 is 4.74 Å². The Bertz CT molecular complexity index is 443. The van der Waals surface area contributed by atoms with Crippen LogP contribution >= 0.6 is 0 Å². The van der Waals surface area contributed by atoms with Gasteiger partial charge in [-0.05, 0) is 30.4 Å². The van der Waals surface area contributed by atoms with Crippen LogP contribution in [0.1, 0.15) is 49.3 Å². The summed E-state index contributed by atoms with van der Waals surface area (Å²) in [5.41, 5.74) is 8.71. The van der Waals surface area contributed by atoms with Crippen LogP contribution in [0.5, 0.6) is 0 Å². The molecule has 0 radical (unpaired) electrons. The first-order valence-electron chi connectivity index (χ1n) is 8.52. The zero-order valence-corrected chi connectivity index (χ0v) is 13.0. The van der Waals surface area contributed by atoms with E-state index in [1.807, 2.05) is 0 Å². The fraction of sp³-hybridized carbons (Fsp3) is 0.667. The average molecular weight is 288 g/mol. The van der Waals surface area contributed by atoms with Gasteiger partial charge in [-0.15, -0.1) is 0 Å². The van der Waals surface area contributed by atoms with Crippen LogP contribution in [-0.2, 0) is 11.2 Å². The van der Waals surface area contributed by atoms with Crippen LogP contribution < -0.4 is 5.73 Å². The third-order valence-electron chi connectivity index (χ3n) is 5.00. The first-order valence-corrected chi connectivity index (χ1v) is 8.52. The zero-order valence-electron chi connectivity index (χ0n) is 13.0. The summed E-state index contributed by atoms with van der Waals surface area (Å²) in [6, 6.07) is 9.47. The molecule has 116 valence electrons. The molecule has 3 nitrogen and oxygen atoms in total. The van der Waals surface area contributed by atoms with Gasteiger partial charge in [0.15, 0.2) is 0 Å². The molecule has 1 aliphatic carbocycles. The van der Waals surface area contributed by atoms with E-state index in [-0.39, 0.29) is 6.10 Å². The summed E-state index contributed by atoms with van der Waals surface area (Å²) >= 11 is 0. The molecule has 0 bridgehead atoms. The van der Waals surface area contributed by atoms with E-state index in [4.69, 9.17) is 10.5 Å². The topological polar surface area (TPSA) is 38.5 Å². The van der Waals surface area contributed by atoms with E-state index >= 15 is 0 Å². The van der Waals surface area contributed by atoms with Gasteiger partial charge in [0, 0.05) is 25.7 Å². The molecule has 1 aromatic rings.